The summed E-state index contributed by atoms with van der Waals surface area (Å²) >= 11 is 0. The van der Waals surface area contributed by atoms with Crippen molar-refractivity contribution in [1.29, 1.82) is 0 Å². The standard InChI is InChI=1S/C17H27N3O4S/c1-19(2)25(22,23)16-12-14(8-9-15(16)24-3)18-17(21)13-20-10-6-4-5-7-11-20/h8-9,12H,4-7,10-11,13H2,1-3H3,(H,18,21)/p+1. The number of anilines is 1. The minimum absolute atomic E-state index is 0.0416. The van der Waals surface area contributed by atoms with Gasteiger partial charge in [0.15, 0.2) is 6.54 Å². The smallest absolute Gasteiger partial charge is 0.279 e. The number of benzene rings is 1. The fourth-order valence-corrected chi connectivity index (χ4v) is 4.07. The van der Waals surface area contributed by atoms with Crippen LogP contribution in [0.2, 0.25) is 0 Å². The van der Waals surface area contributed by atoms with E-state index in [0.717, 1.165) is 30.2 Å². The summed E-state index contributed by atoms with van der Waals surface area (Å²) in [6, 6.07) is 4.66. The number of nitrogens with one attached hydrogen (secondary N) is 2. The topological polar surface area (TPSA) is 80.1 Å². The Balaban J connectivity index is 2.13. The molecule has 0 spiro atoms. The van der Waals surface area contributed by atoms with Crippen molar-refractivity contribution in [2.24, 2.45) is 0 Å². The molecule has 2 N–H and O–H groups in total. The number of likely N-dealkylation sites (tertiary alicyclic amines) is 1. The summed E-state index contributed by atoms with van der Waals surface area (Å²) in [5.41, 5.74) is 0.459. The van der Waals surface area contributed by atoms with E-state index in [4.69, 9.17) is 4.74 Å². The fourth-order valence-electron chi connectivity index (χ4n) is 2.99. The molecule has 0 atom stereocenters. The molecular weight excluding hydrogens is 342 g/mol. The van der Waals surface area contributed by atoms with Crippen LogP contribution in [0.1, 0.15) is 25.7 Å². The lowest BCUT2D eigenvalue weighted by Gasteiger charge is -2.18. The molecule has 8 heteroatoms. The second-order valence-corrected chi connectivity index (χ2v) is 8.66. The molecule has 2 rings (SSSR count). The van der Waals surface area contributed by atoms with Crippen molar-refractivity contribution in [3.05, 3.63) is 18.2 Å². The lowest BCUT2D eigenvalue weighted by Crippen LogP contribution is -3.12. The highest BCUT2D eigenvalue weighted by molar-refractivity contribution is 7.89. The van der Waals surface area contributed by atoms with E-state index in [2.05, 4.69) is 5.32 Å². The Morgan fingerprint density at radius 2 is 1.84 bits per heavy atom. The maximum atomic E-state index is 12.4. The van der Waals surface area contributed by atoms with Crippen molar-refractivity contribution >= 4 is 21.6 Å². The molecule has 7 nitrogen and oxygen atoms in total. The van der Waals surface area contributed by atoms with Gasteiger partial charge in [-0.25, -0.2) is 12.7 Å². The van der Waals surface area contributed by atoms with E-state index in [0.29, 0.717) is 12.2 Å². The van der Waals surface area contributed by atoms with Gasteiger partial charge in [0.2, 0.25) is 10.0 Å². The molecule has 0 unspecified atom stereocenters. The van der Waals surface area contributed by atoms with Crippen molar-refractivity contribution in [2.45, 2.75) is 30.6 Å². The summed E-state index contributed by atoms with van der Waals surface area (Å²) in [6.45, 7) is 2.42. The van der Waals surface area contributed by atoms with E-state index in [1.54, 1.807) is 12.1 Å². The molecule has 0 saturated carbocycles. The zero-order valence-corrected chi connectivity index (χ0v) is 16.0. The molecule has 1 aliphatic rings. The second kappa shape index (κ2) is 8.64. The van der Waals surface area contributed by atoms with Crippen LogP contribution in [-0.2, 0) is 14.8 Å². The lowest BCUT2D eigenvalue weighted by molar-refractivity contribution is -0.890. The number of amides is 1. The van der Waals surface area contributed by atoms with Gasteiger partial charge in [0, 0.05) is 19.8 Å². The number of hydrogen-bond acceptors (Lipinski definition) is 4. The quantitative estimate of drug-likeness (QED) is 0.757. The molecule has 0 aliphatic carbocycles. The van der Waals surface area contributed by atoms with E-state index in [1.165, 1.54) is 45.0 Å². The van der Waals surface area contributed by atoms with E-state index >= 15 is 0 Å². The van der Waals surface area contributed by atoms with E-state index < -0.39 is 10.0 Å². The Kier molecular flexibility index (Phi) is 6.80. The predicted molar refractivity (Wildman–Crippen MR) is 96.5 cm³/mol. The number of carbonyl (C=O) groups excluding carboxylic acids is 1. The first-order chi connectivity index (χ1) is 11.8. The maximum Gasteiger partial charge on any atom is 0.279 e. The van der Waals surface area contributed by atoms with Crippen LogP contribution >= 0.6 is 0 Å². The highest BCUT2D eigenvalue weighted by Crippen LogP contribution is 2.28. The van der Waals surface area contributed by atoms with E-state index in [-0.39, 0.29) is 16.6 Å². The number of nitrogens with zero attached hydrogens (tertiary/aromatic N) is 1. The third kappa shape index (κ3) is 5.17. The van der Waals surface area contributed by atoms with Crippen molar-refractivity contribution in [1.82, 2.24) is 4.31 Å². The van der Waals surface area contributed by atoms with Crippen molar-refractivity contribution in [3.63, 3.8) is 0 Å². The average molecular weight is 370 g/mol. The summed E-state index contributed by atoms with van der Waals surface area (Å²) < 4.78 is 31.1. The van der Waals surface area contributed by atoms with E-state index in [9.17, 15) is 13.2 Å². The monoisotopic (exact) mass is 370 g/mol. The van der Waals surface area contributed by atoms with Crippen LogP contribution in [0.3, 0.4) is 0 Å². The number of sulfonamides is 1. The molecule has 25 heavy (non-hydrogen) atoms. The predicted octanol–water partition coefficient (Wildman–Crippen LogP) is 0.343. The molecule has 1 heterocycles. The average Bonchev–Trinajstić information content (AvgIpc) is 2.83. The van der Waals surface area contributed by atoms with Crippen molar-refractivity contribution in [3.8, 4) is 5.75 Å². The van der Waals surface area contributed by atoms with Gasteiger partial charge in [-0.15, -0.1) is 0 Å². The Bertz CT molecular complexity index is 696. The zero-order chi connectivity index (χ0) is 18.4. The number of methoxy groups -OCH3 is 1. The second-order valence-electron chi connectivity index (χ2n) is 6.54. The van der Waals surface area contributed by atoms with Gasteiger partial charge in [-0.05, 0) is 43.9 Å². The van der Waals surface area contributed by atoms with Gasteiger partial charge < -0.3 is 15.0 Å². The maximum absolute atomic E-state index is 12.4. The number of hydrogen-bond donors (Lipinski definition) is 2. The van der Waals surface area contributed by atoms with Crippen LogP contribution < -0.4 is 15.0 Å². The normalized spacial score (nSPS) is 16.5. The Hall–Kier alpha value is -1.64. The summed E-state index contributed by atoms with van der Waals surface area (Å²) in [7, 11) is 0.686. The van der Waals surface area contributed by atoms with Crippen LogP contribution in [0.5, 0.6) is 5.75 Å². The first-order valence-electron chi connectivity index (χ1n) is 8.58. The van der Waals surface area contributed by atoms with Crippen LogP contribution in [0.25, 0.3) is 0 Å². The van der Waals surface area contributed by atoms with Gasteiger partial charge in [0.25, 0.3) is 5.91 Å². The van der Waals surface area contributed by atoms with Gasteiger partial charge in [-0.3, -0.25) is 4.79 Å². The Labute approximate surface area is 150 Å². The van der Waals surface area contributed by atoms with Gasteiger partial charge in [0.1, 0.15) is 10.6 Å². The molecule has 1 aliphatic heterocycles. The summed E-state index contributed by atoms with van der Waals surface area (Å²) in [5.74, 6) is 0.153. The third-order valence-corrected chi connectivity index (χ3v) is 6.26. The highest BCUT2D eigenvalue weighted by Gasteiger charge is 2.23. The zero-order valence-electron chi connectivity index (χ0n) is 15.2. The summed E-state index contributed by atoms with van der Waals surface area (Å²) in [4.78, 5) is 13.6. The van der Waals surface area contributed by atoms with Gasteiger partial charge in [-0.2, -0.15) is 0 Å². The van der Waals surface area contributed by atoms with Gasteiger partial charge in [0.05, 0.1) is 20.2 Å². The largest absolute Gasteiger partial charge is 0.495 e. The molecule has 1 saturated heterocycles. The number of rotatable bonds is 6. The molecule has 140 valence electrons. The SMILES string of the molecule is COc1ccc(NC(=O)C[NH+]2CCCCCC2)cc1S(=O)(=O)N(C)C. The summed E-state index contributed by atoms with van der Waals surface area (Å²) in [6.07, 6.45) is 4.76. The van der Waals surface area contributed by atoms with Crippen LogP contribution in [0.4, 0.5) is 5.69 Å². The van der Waals surface area contributed by atoms with Crippen molar-refractivity contribution < 1.29 is 22.8 Å². The molecule has 1 aromatic rings. The first kappa shape index (κ1) is 19.7. The molecular formula is C17H28N3O4S+. The minimum atomic E-state index is -3.66. The number of ether oxygens (including phenoxy) is 1. The van der Waals surface area contributed by atoms with E-state index in [1.807, 2.05) is 0 Å². The Morgan fingerprint density at radius 1 is 1.20 bits per heavy atom. The summed E-state index contributed by atoms with van der Waals surface area (Å²) in [5, 5.41) is 2.81. The molecule has 0 aromatic heterocycles. The third-order valence-electron chi connectivity index (χ3n) is 4.43. The first-order valence-corrected chi connectivity index (χ1v) is 10.0. The fraction of sp³-hybridized carbons (Fsp3) is 0.588. The number of carbonyl (C=O) groups is 1. The molecule has 1 fully saturated rings. The molecule has 0 radical (unpaired) electrons. The number of quaternary nitrogens is 1. The highest BCUT2D eigenvalue weighted by atomic mass is 32.2. The van der Waals surface area contributed by atoms with Crippen LogP contribution in [0, 0.1) is 0 Å². The molecule has 0 bridgehead atoms. The van der Waals surface area contributed by atoms with Gasteiger partial charge in [-0.1, -0.05) is 0 Å². The minimum Gasteiger partial charge on any atom is -0.495 e. The molecule has 1 amide bonds. The van der Waals surface area contributed by atoms with Crippen molar-refractivity contribution in [2.75, 3.05) is 46.2 Å². The lowest BCUT2D eigenvalue weighted by atomic mass is 10.2. The van der Waals surface area contributed by atoms with Crippen LogP contribution in [0.15, 0.2) is 23.1 Å². The molecule has 1 aromatic carbocycles. The van der Waals surface area contributed by atoms with Crippen LogP contribution in [-0.4, -0.2) is 59.5 Å². The van der Waals surface area contributed by atoms with Gasteiger partial charge >= 0.3 is 0 Å². The Morgan fingerprint density at radius 3 is 2.40 bits per heavy atom.